The molecular formula is C17H26O3. The molecule has 1 aromatic carbocycles. The van der Waals surface area contributed by atoms with Crippen LogP contribution in [0.25, 0.3) is 0 Å². The molecular weight excluding hydrogens is 252 g/mol. The molecule has 3 heteroatoms. The lowest BCUT2D eigenvalue weighted by Gasteiger charge is -2.15. The van der Waals surface area contributed by atoms with Crippen molar-refractivity contribution < 1.29 is 14.6 Å². The third-order valence-corrected chi connectivity index (χ3v) is 3.48. The van der Waals surface area contributed by atoms with E-state index in [1.807, 2.05) is 6.07 Å². The Bertz CT molecular complexity index is 362. The van der Waals surface area contributed by atoms with Crippen LogP contribution in [-0.4, -0.2) is 17.4 Å². The van der Waals surface area contributed by atoms with E-state index in [1.165, 1.54) is 5.56 Å². The van der Waals surface area contributed by atoms with Gasteiger partial charge in [-0.25, -0.2) is 4.79 Å². The van der Waals surface area contributed by atoms with Gasteiger partial charge in [-0.15, -0.1) is 0 Å². The summed E-state index contributed by atoms with van der Waals surface area (Å²) in [6.07, 6.45) is 6.95. The Balaban J connectivity index is 2.14. The largest absolute Gasteiger partial charge is 0.506 e. The Hall–Kier alpha value is -1.51. The van der Waals surface area contributed by atoms with E-state index in [4.69, 9.17) is 9.84 Å². The second kappa shape index (κ2) is 10.3. The Morgan fingerprint density at radius 1 is 1.10 bits per heavy atom. The number of carbonyl (C=O) groups is 1. The zero-order valence-corrected chi connectivity index (χ0v) is 12.4. The van der Waals surface area contributed by atoms with Crippen molar-refractivity contribution >= 4 is 6.16 Å². The molecule has 0 saturated carbocycles. The number of ether oxygens (including phenoxy) is 1. The minimum atomic E-state index is -1.14. The third-order valence-electron chi connectivity index (χ3n) is 3.48. The number of carboxylic acid groups (broad SMARTS) is 1. The third kappa shape index (κ3) is 7.82. The van der Waals surface area contributed by atoms with Crippen molar-refractivity contribution in [3.05, 3.63) is 35.9 Å². The van der Waals surface area contributed by atoms with E-state index in [9.17, 15) is 4.79 Å². The molecule has 20 heavy (non-hydrogen) atoms. The molecule has 0 bridgehead atoms. The lowest BCUT2D eigenvalue weighted by molar-refractivity contribution is 0.0425. The lowest BCUT2D eigenvalue weighted by atomic mass is 10.0. The second-order valence-corrected chi connectivity index (χ2v) is 5.23. The van der Waals surface area contributed by atoms with Crippen LogP contribution in [0, 0.1) is 0 Å². The second-order valence-electron chi connectivity index (χ2n) is 5.23. The van der Waals surface area contributed by atoms with Crippen molar-refractivity contribution in [2.24, 2.45) is 0 Å². The van der Waals surface area contributed by atoms with Crippen LogP contribution in [0.5, 0.6) is 0 Å². The Morgan fingerprint density at radius 3 is 2.45 bits per heavy atom. The van der Waals surface area contributed by atoms with Crippen LogP contribution in [-0.2, 0) is 11.2 Å². The van der Waals surface area contributed by atoms with Gasteiger partial charge in [0.15, 0.2) is 0 Å². The van der Waals surface area contributed by atoms with Crippen LogP contribution < -0.4 is 0 Å². The van der Waals surface area contributed by atoms with Crippen molar-refractivity contribution in [1.82, 2.24) is 0 Å². The van der Waals surface area contributed by atoms with Crippen LogP contribution in [0.4, 0.5) is 4.79 Å². The van der Waals surface area contributed by atoms with Crippen molar-refractivity contribution in [3.63, 3.8) is 0 Å². The van der Waals surface area contributed by atoms with E-state index in [1.54, 1.807) is 0 Å². The first-order valence-corrected chi connectivity index (χ1v) is 7.66. The maximum absolute atomic E-state index is 10.6. The molecule has 0 aliphatic heterocycles. The standard InChI is InChI=1S/C17H26O3/c1-2-3-13-16(20-17(18)19)14-9-5-8-12-15-10-6-4-7-11-15/h4,6-7,10-11,16H,2-3,5,8-9,12-14H2,1H3,(H,18,19). The average Bonchev–Trinajstić information content (AvgIpc) is 2.44. The maximum atomic E-state index is 10.6. The number of hydrogen-bond donors (Lipinski definition) is 1. The fraction of sp³-hybridized carbons (Fsp3) is 0.588. The minimum Gasteiger partial charge on any atom is -0.450 e. The summed E-state index contributed by atoms with van der Waals surface area (Å²) in [6.45, 7) is 2.11. The summed E-state index contributed by atoms with van der Waals surface area (Å²) in [4.78, 5) is 10.6. The summed E-state index contributed by atoms with van der Waals surface area (Å²) in [5, 5.41) is 8.71. The van der Waals surface area contributed by atoms with Crippen molar-refractivity contribution in [2.45, 2.75) is 64.4 Å². The monoisotopic (exact) mass is 278 g/mol. The molecule has 3 nitrogen and oxygen atoms in total. The summed E-state index contributed by atoms with van der Waals surface area (Å²) in [5.74, 6) is 0. The first-order valence-electron chi connectivity index (χ1n) is 7.66. The Morgan fingerprint density at radius 2 is 1.80 bits per heavy atom. The smallest absolute Gasteiger partial charge is 0.450 e. The van der Waals surface area contributed by atoms with Crippen LogP contribution >= 0.6 is 0 Å². The topological polar surface area (TPSA) is 46.5 Å². The summed E-state index contributed by atoms with van der Waals surface area (Å²) in [5.41, 5.74) is 1.37. The predicted octanol–water partition coefficient (Wildman–Crippen LogP) is 5.04. The van der Waals surface area contributed by atoms with Gasteiger partial charge in [-0.05, 0) is 37.7 Å². The van der Waals surface area contributed by atoms with Gasteiger partial charge in [-0.3, -0.25) is 0 Å². The van der Waals surface area contributed by atoms with Crippen LogP contribution in [0.2, 0.25) is 0 Å². The minimum absolute atomic E-state index is 0.121. The normalized spacial score (nSPS) is 12.1. The lowest BCUT2D eigenvalue weighted by Crippen LogP contribution is -2.16. The molecule has 0 aromatic heterocycles. The van der Waals surface area contributed by atoms with Gasteiger partial charge in [0.2, 0.25) is 0 Å². The molecule has 0 aliphatic carbocycles. The van der Waals surface area contributed by atoms with E-state index in [2.05, 4.69) is 31.2 Å². The molecule has 1 aromatic rings. The quantitative estimate of drug-likeness (QED) is 0.481. The SMILES string of the molecule is CCCCC(CCCCCc1ccccc1)OC(=O)O. The summed E-state index contributed by atoms with van der Waals surface area (Å²) >= 11 is 0. The highest BCUT2D eigenvalue weighted by atomic mass is 16.7. The number of hydrogen-bond acceptors (Lipinski definition) is 2. The van der Waals surface area contributed by atoms with Gasteiger partial charge in [0, 0.05) is 0 Å². The molecule has 112 valence electrons. The molecule has 0 spiro atoms. The molecule has 1 unspecified atom stereocenters. The summed E-state index contributed by atoms with van der Waals surface area (Å²) < 4.78 is 4.93. The van der Waals surface area contributed by atoms with E-state index in [0.29, 0.717) is 0 Å². The van der Waals surface area contributed by atoms with Gasteiger partial charge in [-0.2, -0.15) is 0 Å². The summed E-state index contributed by atoms with van der Waals surface area (Å²) in [7, 11) is 0. The van der Waals surface area contributed by atoms with Crippen molar-refractivity contribution in [2.75, 3.05) is 0 Å². The molecule has 1 atom stereocenters. The molecule has 1 N–H and O–H groups in total. The highest BCUT2D eigenvalue weighted by molar-refractivity contribution is 5.57. The van der Waals surface area contributed by atoms with Crippen LogP contribution in [0.3, 0.4) is 0 Å². The Labute approximate surface area is 122 Å². The van der Waals surface area contributed by atoms with Gasteiger partial charge in [0.05, 0.1) is 0 Å². The molecule has 1 rings (SSSR count). The molecule has 0 amide bonds. The van der Waals surface area contributed by atoms with Gasteiger partial charge in [0.1, 0.15) is 6.10 Å². The molecule has 0 radical (unpaired) electrons. The zero-order chi connectivity index (χ0) is 14.6. The number of aryl methyl sites for hydroxylation is 1. The molecule has 0 heterocycles. The van der Waals surface area contributed by atoms with Crippen LogP contribution in [0.1, 0.15) is 57.4 Å². The number of rotatable bonds is 10. The zero-order valence-electron chi connectivity index (χ0n) is 12.4. The highest BCUT2D eigenvalue weighted by Crippen LogP contribution is 2.15. The fourth-order valence-electron chi connectivity index (χ4n) is 2.36. The first kappa shape index (κ1) is 16.5. The van der Waals surface area contributed by atoms with E-state index in [0.717, 1.165) is 51.4 Å². The van der Waals surface area contributed by atoms with Crippen LogP contribution in [0.15, 0.2) is 30.3 Å². The van der Waals surface area contributed by atoms with Crippen molar-refractivity contribution in [1.29, 1.82) is 0 Å². The van der Waals surface area contributed by atoms with Crippen molar-refractivity contribution in [3.8, 4) is 0 Å². The first-order chi connectivity index (χ1) is 9.72. The number of unbranched alkanes of at least 4 members (excludes halogenated alkanes) is 3. The van der Waals surface area contributed by atoms with E-state index < -0.39 is 6.16 Å². The fourth-order valence-corrected chi connectivity index (χ4v) is 2.36. The van der Waals surface area contributed by atoms with E-state index >= 15 is 0 Å². The summed E-state index contributed by atoms with van der Waals surface area (Å²) in [6, 6.07) is 10.5. The average molecular weight is 278 g/mol. The van der Waals surface area contributed by atoms with Gasteiger partial charge < -0.3 is 9.84 Å². The molecule has 0 saturated heterocycles. The highest BCUT2D eigenvalue weighted by Gasteiger charge is 2.12. The van der Waals surface area contributed by atoms with Gasteiger partial charge >= 0.3 is 6.16 Å². The molecule has 0 fully saturated rings. The molecule has 0 aliphatic rings. The maximum Gasteiger partial charge on any atom is 0.506 e. The number of benzene rings is 1. The predicted molar refractivity (Wildman–Crippen MR) is 81.0 cm³/mol. The van der Waals surface area contributed by atoms with Gasteiger partial charge in [-0.1, -0.05) is 56.5 Å². The van der Waals surface area contributed by atoms with Gasteiger partial charge in [0.25, 0.3) is 0 Å². The van der Waals surface area contributed by atoms with E-state index in [-0.39, 0.29) is 6.10 Å². The Kier molecular flexibility index (Phi) is 8.52.